The van der Waals surface area contributed by atoms with E-state index in [1.807, 2.05) is 0 Å². The topological polar surface area (TPSA) is 110 Å². The van der Waals surface area contributed by atoms with Crippen molar-refractivity contribution in [2.45, 2.75) is 44.7 Å². The second kappa shape index (κ2) is 7.41. The first-order chi connectivity index (χ1) is 12.4. The highest BCUT2D eigenvalue weighted by molar-refractivity contribution is 5.98. The average molecular weight is 360 g/mol. The largest absolute Gasteiger partial charge is 0.341 e. The van der Waals surface area contributed by atoms with Gasteiger partial charge in [0.15, 0.2) is 0 Å². The molecule has 26 heavy (non-hydrogen) atoms. The van der Waals surface area contributed by atoms with Gasteiger partial charge in [0.1, 0.15) is 6.04 Å². The Morgan fingerprint density at radius 3 is 2.50 bits per heavy atom. The Hall–Kier alpha value is -2.48. The molecule has 1 unspecified atom stereocenters. The number of carbonyl (C=O) groups excluding carboxylic acids is 2. The smallest absolute Gasteiger partial charge is 0.272 e. The summed E-state index contributed by atoms with van der Waals surface area (Å²) in [7, 11) is 0. The van der Waals surface area contributed by atoms with Crippen LogP contribution in [0, 0.1) is 17.0 Å². The van der Waals surface area contributed by atoms with Crippen LogP contribution in [0.15, 0.2) is 18.2 Å². The maximum Gasteiger partial charge on any atom is 0.272 e. The number of carbonyl (C=O) groups is 2. The summed E-state index contributed by atoms with van der Waals surface area (Å²) in [5.41, 5.74) is 6.71. The number of hydrogen-bond acceptors (Lipinski definition) is 5. The summed E-state index contributed by atoms with van der Waals surface area (Å²) in [6.45, 7) is 3.40. The third-order valence-electron chi connectivity index (χ3n) is 5.29. The minimum atomic E-state index is -0.465. The van der Waals surface area contributed by atoms with Crippen molar-refractivity contribution in [3.05, 3.63) is 39.4 Å². The van der Waals surface area contributed by atoms with Gasteiger partial charge in [-0.3, -0.25) is 19.7 Å². The summed E-state index contributed by atoms with van der Waals surface area (Å²) in [6.07, 6.45) is 3.00. The maximum absolute atomic E-state index is 12.9. The van der Waals surface area contributed by atoms with E-state index in [1.165, 1.54) is 18.2 Å². The number of likely N-dealkylation sites (tertiary alicyclic amines) is 2. The Morgan fingerprint density at radius 2 is 1.88 bits per heavy atom. The van der Waals surface area contributed by atoms with Crippen LogP contribution in [0.2, 0.25) is 0 Å². The van der Waals surface area contributed by atoms with E-state index in [0.29, 0.717) is 37.2 Å². The van der Waals surface area contributed by atoms with Crippen molar-refractivity contribution in [1.82, 2.24) is 9.80 Å². The number of nitro groups is 1. The molecule has 2 amide bonds. The molecular weight excluding hydrogens is 336 g/mol. The van der Waals surface area contributed by atoms with Gasteiger partial charge in [0.05, 0.1) is 4.92 Å². The van der Waals surface area contributed by atoms with Gasteiger partial charge in [-0.05, 0) is 44.7 Å². The molecule has 2 aliphatic heterocycles. The highest BCUT2D eigenvalue weighted by Gasteiger charge is 2.37. The number of nitro benzene ring substituents is 1. The summed E-state index contributed by atoms with van der Waals surface area (Å²) in [5.74, 6) is -0.256. The molecule has 2 aliphatic rings. The first-order valence-corrected chi connectivity index (χ1v) is 8.99. The first kappa shape index (κ1) is 18.3. The van der Waals surface area contributed by atoms with E-state index < -0.39 is 11.0 Å². The maximum atomic E-state index is 12.9. The molecule has 2 heterocycles. The lowest BCUT2D eigenvalue weighted by molar-refractivity contribution is -0.385. The highest BCUT2D eigenvalue weighted by atomic mass is 16.6. The zero-order valence-electron chi connectivity index (χ0n) is 14.9. The van der Waals surface area contributed by atoms with Crippen molar-refractivity contribution in [2.75, 3.05) is 19.6 Å². The zero-order valence-corrected chi connectivity index (χ0v) is 14.9. The summed E-state index contributed by atoms with van der Waals surface area (Å²) in [4.78, 5) is 39.7. The molecule has 0 aliphatic carbocycles. The normalized spacial score (nSPS) is 21.1. The van der Waals surface area contributed by atoms with Gasteiger partial charge in [-0.2, -0.15) is 0 Å². The van der Waals surface area contributed by atoms with E-state index in [9.17, 15) is 19.7 Å². The fourth-order valence-corrected chi connectivity index (χ4v) is 3.76. The van der Waals surface area contributed by atoms with E-state index in [0.717, 1.165) is 19.3 Å². The second-order valence-electron chi connectivity index (χ2n) is 7.08. The van der Waals surface area contributed by atoms with E-state index in [-0.39, 0.29) is 23.5 Å². The number of nitrogens with two attached hydrogens (primary N) is 1. The van der Waals surface area contributed by atoms with Gasteiger partial charge in [0.2, 0.25) is 5.91 Å². The quantitative estimate of drug-likeness (QED) is 0.648. The van der Waals surface area contributed by atoms with Crippen molar-refractivity contribution in [3.63, 3.8) is 0 Å². The number of rotatable bonds is 3. The Labute approximate surface area is 152 Å². The van der Waals surface area contributed by atoms with Crippen molar-refractivity contribution in [1.29, 1.82) is 0 Å². The molecule has 2 saturated heterocycles. The van der Waals surface area contributed by atoms with E-state index in [2.05, 4.69) is 0 Å². The second-order valence-corrected chi connectivity index (χ2v) is 7.08. The van der Waals surface area contributed by atoms with E-state index in [1.54, 1.807) is 16.7 Å². The Balaban J connectivity index is 1.75. The predicted molar refractivity (Wildman–Crippen MR) is 95.7 cm³/mol. The van der Waals surface area contributed by atoms with Crippen LogP contribution in [0.4, 0.5) is 5.69 Å². The lowest BCUT2D eigenvalue weighted by atomic mass is 10.0. The van der Waals surface area contributed by atoms with Crippen LogP contribution in [-0.2, 0) is 4.79 Å². The molecule has 1 aromatic rings. The van der Waals surface area contributed by atoms with E-state index in [4.69, 9.17) is 5.73 Å². The number of nitrogens with zero attached hydrogens (tertiary/aromatic N) is 3. The fraction of sp³-hybridized carbons (Fsp3) is 0.556. The molecule has 0 spiro atoms. The zero-order chi connectivity index (χ0) is 18.8. The molecular formula is C18H24N4O4. The molecule has 1 atom stereocenters. The van der Waals surface area contributed by atoms with Crippen LogP contribution in [-0.4, -0.2) is 58.3 Å². The van der Waals surface area contributed by atoms with Crippen LogP contribution >= 0.6 is 0 Å². The molecule has 2 fully saturated rings. The van der Waals surface area contributed by atoms with Crippen LogP contribution in [0.25, 0.3) is 0 Å². The molecule has 2 N–H and O–H groups in total. The third kappa shape index (κ3) is 3.55. The molecule has 0 saturated carbocycles. The number of benzene rings is 1. The molecule has 0 bridgehead atoms. The predicted octanol–water partition coefficient (Wildman–Crippen LogP) is 1.46. The van der Waals surface area contributed by atoms with Crippen molar-refractivity contribution >= 4 is 17.5 Å². The van der Waals surface area contributed by atoms with Gasteiger partial charge in [-0.1, -0.05) is 0 Å². The molecule has 0 radical (unpaired) electrons. The van der Waals surface area contributed by atoms with Crippen LogP contribution in [0.5, 0.6) is 0 Å². The van der Waals surface area contributed by atoms with Gasteiger partial charge in [-0.15, -0.1) is 0 Å². The number of hydrogen-bond donors (Lipinski definition) is 1. The Morgan fingerprint density at radius 1 is 1.19 bits per heavy atom. The van der Waals surface area contributed by atoms with Gasteiger partial charge in [0.25, 0.3) is 11.6 Å². The highest BCUT2D eigenvalue weighted by Crippen LogP contribution is 2.25. The van der Waals surface area contributed by atoms with Gasteiger partial charge in [-0.25, -0.2) is 0 Å². The average Bonchev–Trinajstić information content (AvgIpc) is 3.10. The molecule has 1 aromatic carbocycles. The molecule has 8 nitrogen and oxygen atoms in total. The standard InChI is InChI=1S/C18H24N4O4/c1-12-11-13(4-5-15(12)22(25)26)17(23)21-8-2-3-16(21)18(24)20-9-6-14(19)7-10-20/h4-5,11,14,16H,2-3,6-10,19H2,1H3. The SMILES string of the molecule is Cc1cc(C(=O)N2CCCC2C(=O)N2CCC(N)CC2)ccc1[N+](=O)[O-]. The van der Waals surface area contributed by atoms with Crippen LogP contribution in [0.3, 0.4) is 0 Å². The number of aryl methyl sites for hydroxylation is 1. The summed E-state index contributed by atoms with van der Waals surface area (Å²) in [6, 6.07) is 4.03. The van der Waals surface area contributed by atoms with Gasteiger partial charge >= 0.3 is 0 Å². The minimum absolute atomic E-state index is 0.0126. The summed E-state index contributed by atoms with van der Waals surface area (Å²) in [5, 5.41) is 10.9. The van der Waals surface area contributed by atoms with Crippen LogP contribution in [0.1, 0.15) is 41.6 Å². The van der Waals surface area contributed by atoms with Crippen molar-refractivity contribution in [2.24, 2.45) is 5.73 Å². The summed E-state index contributed by atoms with van der Waals surface area (Å²) < 4.78 is 0. The molecule has 8 heteroatoms. The lowest BCUT2D eigenvalue weighted by Crippen LogP contribution is -2.51. The third-order valence-corrected chi connectivity index (χ3v) is 5.29. The molecule has 3 rings (SSSR count). The Kier molecular flexibility index (Phi) is 5.22. The molecule has 140 valence electrons. The summed E-state index contributed by atoms with van der Waals surface area (Å²) >= 11 is 0. The van der Waals surface area contributed by atoms with Gasteiger partial charge < -0.3 is 15.5 Å². The number of piperidine rings is 1. The lowest BCUT2D eigenvalue weighted by Gasteiger charge is -2.34. The fourth-order valence-electron chi connectivity index (χ4n) is 3.76. The van der Waals surface area contributed by atoms with Gasteiger partial charge in [0, 0.05) is 42.9 Å². The van der Waals surface area contributed by atoms with E-state index >= 15 is 0 Å². The minimum Gasteiger partial charge on any atom is -0.341 e. The van der Waals surface area contributed by atoms with Crippen LogP contribution < -0.4 is 5.73 Å². The van der Waals surface area contributed by atoms with Crippen molar-refractivity contribution in [3.8, 4) is 0 Å². The molecule has 0 aromatic heterocycles. The Bertz CT molecular complexity index is 728. The van der Waals surface area contributed by atoms with Crippen molar-refractivity contribution < 1.29 is 14.5 Å². The first-order valence-electron chi connectivity index (χ1n) is 8.99. The monoisotopic (exact) mass is 360 g/mol. The number of amides is 2.